The molecule has 12 heteroatoms. The van der Waals surface area contributed by atoms with Gasteiger partial charge in [0.1, 0.15) is 6.10 Å². The number of hydrogen-bond donors (Lipinski definition) is 4. The molecule has 0 aliphatic rings. The number of carbonyl (C=O) groups excluding carboxylic acids is 2. The zero-order chi connectivity index (χ0) is 22.0. The highest BCUT2D eigenvalue weighted by Crippen LogP contribution is 2.47. The van der Waals surface area contributed by atoms with Crippen molar-refractivity contribution < 1.29 is 32.6 Å². The monoisotopic (exact) mass is 460 g/mol. The van der Waals surface area contributed by atoms with Gasteiger partial charge in [-0.1, -0.05) is 34.6 Å². The van der Waals surface area contributed by atoms with E-state index in [1.165, 1.54) is 20.1 Å². The topological polar surface area (TPSA) is 134 Å². The Labute approximate surface area is 175 Å². The smallest absolute Gasteiger partial charge is 0.383 e. The molecule has 2 atom stereocenters. The Bertz CT molecular complexity index is 556. The molecule has 28 heavy (non-hydrogen) atoms. The molecule has 9 nitrogen and oxygen atoms in total. The quantitative estimate of drug-likeness (QED) is 0.185. The van der Waals surface area contributed by atoms with Gasteiger partial charge in [-0.25, -0.2) is 8.54 Å². The van der Waals surface area contributed by atoms with Gasteiger partial charge in [0.2, 0.25) is 11.8 Å². The van der Waals surface area contributed by atoms with Crippen LogP contribution in [0.5, 0.6) is 0 Å². The average molecular weight is 461 g/mol. The third-order valence-corrected chi connectivity index (χ3v) is 6.45. The first-order chi connectivity index (χ1) is 12.7. The Balaban J connectivity index is 4.22. The van der Waals surface area contributed by atoms with Gasteiger partial charge in [0.25, 0.3) is 0 Å². The molecule has 0 aliphatic heterocycles. The van der Waals surface area contributed by atoms with E-state index in [-0.39, 0.29) is 30.2 Å². The molecule has 2 unspecified atom stereocenters. The number of nitrogens with one attached hydrogen (secondary N) is 2. The van der Waals surface area contributed by atoms with Gasteiger partial charge in [-0.2, -0.15) is 11.8 Å². The van der Waals surface area contributed by atoms with Crippen LogP contribution >= 0.6 is 31.6 Å². The minimum atomic E-state index is -4.25. The second kappa shape index (κ2) is 12.4. The van der Waals surface area contributed by atoms with Crippen molar-refractivity contribution in [1.29, 1.82) is 0 Å². The molecule has 2 amide bonds. The van der Waals surface area contributed by atoms with Crippen molar-refractivity contribution in [2.24, 2.45) is 5.41 Å². The lowest BCUT2D eigenvalue weighted by Gasteiger charge is -2.29. The first-order valence-corrected chi connectivity index (χ1v) is 12.4. The summed E-state index contributed by atoms with van der Waals surface area (Å²) < 4.78 is 20.9. The van der Waals surface area contributed by atoms with Crippen molar-refractivity contribution in [2.75, 3.05) is 31.7 Å². The fraction of sp³-hybridized carbons (Fsp3) is 0.875. The number of hydrogen-bond acceptors (Lipinski definition) is 8. The number of carbonyl (C=O) groups is 2. The van der Waals surface area contributed by atoms with E-state index in [0.29, 0.717) is 18.6 Å². The van der Waals surface area contributed by atoms with E-state index in [0.717, 1.165) is 5.75 Å². The summed E-state index contributed by atoms with van der Waals surface area (Å²) in [6.07, 6.45) is 0.0513. The van der Waals surface area contributed by atoms with Crippen LogP contribution < -0.4 is 10.6 Å². The number of rotatable bonds is 13. The Morgan fingerprint density at radius 3 is 2.29 bits per heavy atom. The Morgan fingerprint density at radius 1 is 1.14 bits per heavy atom. The van der Waals surface area contributed by atoms with Gasteiger partial charge in [0, 0.05) is 53.7 Å². The zero-order valence-electron chi connectivity index (χ0n) is 17.3. The van der Waals surface area contributed by atoms with Crippen LogP contribution in [0.2, 0.25) is 0 Å². The standard InChI is InChI=1S/C16H33N2O7PS2/c1-15(2,3)28-10-9-17-12(19)7-8-18-14(21)13(20)16(4,5)11-24-26(22,23)25-27-6/h13,20H,7-11H2,1-6H3,(H,17,19)(H,18,21)(H,22,23). The van der Waals surface area contributed by atoms with E-state index in [2.05, 4.69) is 35.4 Å². The molecule has 0 heterocycles. The summed E-state index contributed by atoms with van der Waals surface area (Å²) in [6.45, 7) is 9.56. The predicted octanol–water partition coefficient (Wildman–Crippen LogP) is 1.94. The van der Waals surface area contributed by atoms with E-state index < -0.39 is 25.2 Å². The molecule has 0 fully saturated rings. The maximum absolute atomic E-state index is 12.1. The van der Waals surface area contributed by atoms with Gasteiger partial charge in [0.15, 0.2) is 0 Å². The summed E-state index contributed by atoms with van der Waals surface area (Å²) in [6, 6.07) is 0. The van der Waals surface area contributed by atoms with Crippen LogP contribution in [0.15, 0.2) is 0 Å². The first kappa shape index (κ1) is 27.7. The van der Waals surface area contributed by atoms with Crippen LogP contribution in [0.1, 0.15) is 41.0 Å². The number of aliphatic hydroxyl groups is 1. The third-order valence-electron chi connectivity index (χ3n) is 3.37. The number of phosphoric ester groups is 1. The summed E-state index contributed by atoms with van der Waals surface area (Å²) >= 11 is 2.42. The lowest BCUT2D eigenvalue weighted by molar-refractivity contribution is -0.137. The molecule has 0 rings (SSSR count). The van der Waals surface area contributed by atoms with Crippen molar-refractivity contribution in [3.05, 3.63) is 0 Å². The fourth-order valence-electron chi connectivity index (χ4n) is 1.83. The van der Waals surface area contributed by atoms with Gasteiger partial charge in [-0.05, 0) is 0 Å². The first-order valence-electron chi connectivity index (χ1n) is 8.76. The summed E-state index contributed by atoms with van der Waals surface area (Å²) in [4.78, 5) is 33.2. The fourth-order valence-corrected chi connectivity index (χ4v) is 4.07. The third kappa shape index (κ3) is 13.0. The van der Waals surface area contributed by atoms with Gasteiger partial charge >= 0.3 is 7.82 Å². The molecule has 0 bridgehead atoms. The van der Waals surface area contributed by atoms with Crippen molar-refractivity contribution in [2.45, 2.75) is 51.9 Å². The van der Waals surface area contributed by atoms with Crippen LogP contribution in [-0.4, -0.2) is 64.4 Å². The minimum Gasteiger partial charge on any atom is -0.383 e. The molecule has 0 aromatic heterocycles. The largest absolute Gasteiger partial charge is 0.483 e. The summed E-state index contributed by atoms with van der Waals surface area (Å²) in [5.41, 5.74) is -1.14. The summed E-state index contributed by atoms with van der Waals surface area (Å²) in [5, 5.41) is 15.4. The maximum Gasteiger partial charge on any atom is 0.483 e. The summed E-state index contributed by atoms with van der Waals surface area (Å²) in [5.74, 6) is -0.0886. The van der Waals surface area contributed by atoms with Crippen LogP contribution in [0.3, 0.4) is 0 Å². The van der Waals surface area contributed by atoms with Crippen LogP contribution in [0.4, 0.5) is 0 Å². The van der Waals surface area contributed by atoms with Crippen molar-refractivity contribution in [3.63, 3.8) is 0 Å². The molecule has 0 aromatic carbocycles. The van der Waals surface area contributed by atoms with Crippen molar-refractivity contribution in [3.8, 4) is 0 Å². The lowest BCUT2D eigenvalue weighted by atomic mass is 9.87. The SMILES string of the molecule is CSOP(=O)(O)OCC(C)(C)C(O)C(=O)NCCC(=O)NCCSC(C)(C)C. The van der Waals surface area contributed by atoms with Crippen LogP contribution in [0, 0.1) is 5.41 Å². The highest BCUT2D eigenvalue weighted by atomic mass is 32.2. The van der Waals surface area contributed by atoms with Gasteiger partial charge in [0.05, 0.1) is 6.61 Å². The minimum absolute atomic E-state index is 0.0686. The summed E-state index contributed by atoms with van der Waals surface area (Å²) in [7, 11) is -4.25. The van der Waals surface area contributed by atoms with Crippen LogP contribution in [-0.2, 0) is 22.6 Å². The lowest BCUT2D eigenvalue weighted by Crippen LogP contribution is -2.46. The van der Waals surface area contributed by atoms with E-state index in [1.807, 2.05) is 0 Å². The maximum atomic E-state index is 12.1. The van der Waals surface area contributed by atoms with Gasteiger partial charge < -0.3 is 20.6 Å². The molecular weight excluding hydrogens is 427 g/mol. The number of aliphatic hydroxyl groups excluding tert-OH is 1. The van der Waals surface area contributed by atoms with E-state index in [1.54, 1.807) is 11.8 Å². The van der Waals surface area contributed by atoms with Gasteiger partial charge in [-0.3, -0.25) is 14.1 Å². The molecule has 0 radical (unpaired) electrons. The normalized spacial score (nSPS) is 15.6. The Morgan fingerprint density at radius 2 is 1.75 bits per heavy atom. The van der Waals surface area contributed by atoms with E-state index in [9.17, 15) is 24.2 Å². The van der Waals surface area contributed by atoms with Crippen LogP contribution in [0.25, 0.3) is 0 Å². The molecule has 0 saturated carbocycles. The van der Waals surface area contributed by atoms with E-state index in [4.69, 9.17) is 4.52 Å². The van der Waals surface area contributed by atoms with Crippen molar-refractivity contribution in [1.82, 2.24) is 10.6 Å². The number of amides is 2. The predicted molar refractivity (Wildman–Crippen MR) is 113 cm³/mol. The number of phosphoric acid groups is 1. The molecule has 0 saturated heterocycles. The number of thioether (sulfide) groups is 1. The Hall–Kier alpha value is -0.290. The average Bonchev–Trinajstić information content (AvgIpc) is 2.55. The molecule has 166 valence electrons. The molecule has 4 N–H and O–H groups in total. The second-order valence-corrected chi connectivity index (χ2v) is 11.8. The molecule has 0 aliphatic carbocycles. The molecular formula is C16H33N2O7PS2. The molecule has 0 spiro atoms. The second-order valence-electron chi connectivity index (χ2n) is 7.73. The zero-order valence-corrected chi connectivity index (χ0v) is 19.8. The molecule has 0 aromatic rings. The van der Waals surface area contributed by atoms with Gasteiger partial charge in [-0.15, -0.1) is 0 Å². The highest BCUT2D eigenvalue weighted by molar-refractivity contribution is 8.00. The highest BCUT2D eigenvalue weighted by Gasteiger charge is 2.36. The Kier molecular flexibility index (Phi) is 12.3. The van der Waals surface area contributed by atoms with Crippen molar-refractivity contribution >= 4 is 43.4 Å². The van der Waals surface area contributed by atoms with E-state index >= 15 is 0 Å².